The number of fused-ring (bicyclic) bond motifs is 1. The largest absolute Gasteiger partial charge is 0.484 e. The smallest absolute Gasteiger partial charge is 0.414 e. The highest BCUT2D eigenvalue weighted by molar-refractivity contribution is 5.90. The monoisotopic (exact) mass is 499 g/mol. The lowest BCUT2D eigenvalue weighted by Crippen LogP contribution is -2.37. The normalized spacial score (nSPS) is 17.4. The van der Waals surface area contributed by atoms with Crippen LogP contribution in [0.25, 0.3) is 16.3 Å². The van der Waals surface area contributed by atoms with Crippen molar-refractivity contribution in [1.82, 2.24) is 10.2 Å². The van der Waals surface area contributed by atoms with Crippen molar-refractivity contribution in [2.75, 3.05) is 37.7 Å². The van der Waals surface area contributed by atoms with Crippen molar-refractivity contribution in [1.29, 1.82) is 0 Å². The van der Waals surface area contributed by atoms with Gasteiger partial charge in [0.2, 0.25) is 5.91 Å². The van der Waals surface area contributed by atoms with Crippen LogP contribution in [0.15, 0.2) is 72.8 Å². The minimum Gasteiger partial charge on any atom is -0.484 e. The second-order valence-electron chi connectivity index (χ2n) is 9.22. The highest BCUT2D eigenvalue weighted by Gasteiger charge is 2.32. The molecule has 190 valence electrons. The lowest BCUT2D eigenvalue weighted by molar-refractivity contribution is -0.132. The average Bonchev–Trinajstić information content (AvgIpc) is 3.31. The van der Waals surface area contributed by atoms with Gasteiger partial charge in [-0.2, -0.15) is 0 Å². The molecule has 1 fully saturated rings. The number of anilines is 1. The van der Waals surface area contributed by atoms with E-state index in [0.29, 0.717) is 31.9 Å². The standard InChI is InChI=1S/C29H29N3O5/c1-20(33)30-17-27-18-32(29(35)37-27)25-9-6-22(7-10-25)23-12-14-31(15-13-23)28(34)19-36-26-11-8-21-4-2-3-5-24(21)16-26/h2-12,16,27H,13-15,17-19H2,1H3,(H,30,33)/t27-/m0/s1. The van der Waals surface area contributed by atoms with Gasteiger partial charge in [0.15, 0.2) is 6.61 Å². The van der Waals surface area contributed by atoms with Gasteiger partial charge in [-0.05, 0) is 52.6 Å². The van der Waals surface area contributed by atoms with Gasteiger partial charge in [-0.3, -0.25) is 14.5 Å². The van der Waals surface area contributed by atoms with Crippen molar-refractivity contribution in [3.63, 3.8) is 0 Å². The molecular formula is C29H29N3O5. The van der Waals surface area contributed by atoms with Crippen LogP contribution in [0.1, 0.15) is 18.9 Å². The minimum absolute atomic E-state index is 0.00504. The molecule has 1 atom stereocenters. The molecule has 0 bridgehead atoms. The highest BCUT2D eigenvalue weighted by Crippen LogP contribution is 2.27. The number of hydrogen-bond donors (Lipinski definition) is 1. The third-order valence-corrected chi connectivity index (χ3v) is 6.65. The first-order chi connectivity index (χ1) is 18.0. The lowest BCUT2D eigenvalue weighted by Gasteiger charge is -2.27. The van der Waals surface area contributed by atoms with E-state index in [0.717, 1.165) is 28.4 Å². The molecule has 0 unspecified atom stereocenters. The van der Waals surface area contributed by atoms with Crippen LogP contribution >= 0.6 is 0 Å². The van der Waals surface area contributed by atoms with Gasteiger partial charge in [-0.15, -0.1) is 0 Å². The zero-order valence-corrected chi connectivity index (χ0v) is 20.7. The summed E-state index contributed by atoms with van der Waals surface area (Å²) >= 11 is 0. The summed E-state index contributed by atoms with van der Waals surface area (Å²) in [4.78, 5) is 39.4. The van der Waals surface area contributed by atoms with Crippen molar-refractivity contribution in [3.8, 4) is 5.75 Å². The molecule has 0 spiro atoms. The molecule has 37 heavy (non-hydrogen) atoms. The van der Waals surface area contributed by atoms with Crippen LogP contribution in [0, 0.1) is 0 Å². The molecule has 3 amide bonds. The minimum atomic E-state index is -0.417. The summed E-state index contributed by atoms with van der Waals surface area (Å²) in [5.41, 5.74) is 2.97. The van der Waals surface area contributed by atoms with E-state index in [1.54, 1.807) is 9.80 Å². The van der Waals surface area contributed by atoms with Crippen LogP contribution in [0.3, 0.4) is 0 Å². The summed E-state index contributed by atoms with van der Waals surface area (Å²) in [6.45, 7) is 3.27. The summed E-state index contributed by atoms with van der Waals surface area (Å²) in [7, 11) is 0. The molecule has 0 saturated carbocycles. The van der Waals surface area contributed by atoms with E-state index < -0.39 is 6.09 Å². The van der Waals surface area contributed by atoms with Crippen molar-refractivity contribution in [2.24, 2.45) is 0 Å². The van der Waals surface area contributed by atoms with E-state index >= 15 is 0 Å². The first-order valence-electron chi connectivity index (χ1n) is 12.4. The predicted octanol–water partition coefficient (Wildman–Crippen LogP) is 4.00. The quantitative estimate of drug-likeness (QED) is 0.531. The summed E-state index contributed by atoms with van der Waals surface area (Å²) in [5.74, 6) is 0.487. The average molecular weight is 500 g/mol. The Morgan fingerprint density at radius 1 is 1.05 bits per heavy atom. The number of rotatable bonds is 7. The van der Waals surface area contributed by atoms with Gasteiger partial charge in [-0.1, -0.05) is 48.5 Å². The molecule has 2 heterocycles. The van der Waals surface area contributed by atoms with E-state index in [1.807, 2.05) is 66.7 Å². The third kappa shape index (κ3) is 5.74. The maximum absolute atomic E-state index is 12.7. The van der Waals surface area contributed by atoms with Crippen molar-refractivity contribution >= 4 is 39.9 Å². The summed E-state index contributed by atoms with van der Waals surface area (Å²) in [5, 5.41) is 4.89. The Labute approximate surface area is 215 Å². The van der Waals surface area contributed by atoms with Gasteiger partial charge >= 0.3 is 6.09 Å². The number of amides is 3. The van der Waals surface area contributed by atoms with E-state index in [4.69, 9.17) is 9.47 Å². The molecule has 0 radical (unpaired) electrons. The number of nitrogens with zero attached hydrogens (tertiary/aromatic N) is 2. The van der Waals surface area contributed by atoms with Gasteiger partial charge in [0, 0.05) is 25.7 Å². The third-order valence-electron chi connectivity index (χ3n) is 6.65. The van der Waals surface area contributed by atoms with Gasteiger partial charge in [0.05, 0.1) is 13.1 Å². The Morgan fingerprint density at radius 2 is 1.84 bits per heavy atom. The van der Waals surface area contributed by atoms with Crippen LogP contribution < -0.4 is 15.0 Å². The fraction of sp³-hybridized carbons (Fsp3) is 0.276. The molecular weight excluding hydrogens is 470 g/mol. The topological polar surface area (TPSA) is 88.2 Å². The van der Waals surface area contributed by atoms with Gasteiger partial charge in [0.1, 0.15) is 11.9 Å². The maximum Gasteiger partial charge on any atom is 0.414 e. The predicted molar refractivity (Wildman–Crippen MR) is 141 cm³/mol. The second kappa shape index (κ2) is 10.7. The summed E-state index contributed by atoms with van der Waals surface area (Å²) in [6, 6.07) is 21.6. The zero-order valence-electron chi connectivity index (χ0n) is 20.7. The van der Waals surface area contributed by atoms with Crippen LogP contribution in [0.4, 0.5) is 10.5 Å². The number of benzene rings is 3. The maximum atomic E-state index is 12.7. The molecule has 0 aromatic heterocycles. The van der Waals surface area contributed by atoms with Crippen molar-refractivity contribution in [3.05, 3.63) is 78.4 Å². The number of nitrogens with one attached hydrogen (secondary N) is 1. The molecule has 2 aliphatic rings. The van der Waals surface area contributed by atoms with Crippen molar-refractivity contribution in [2.45, 2.75) is 19.4 Å². The molecule has 1 N–H and O–H groups in total. The molecule has 3 aromatic carbocycles. The molecule has 5 rings (SSSR count). The second-order valence-corrected chi connectivity index (χ2v) is 9.22. The lowest BCUT2D eigenvalue weighted by atomic mass is 9.99. The summed E-state index contributed by atoms with van der Waals surface area (Å²) < 4.78 is 11.1. The number of cyclic esters (lactones) is 1. The van der Waals surface area contributed by atoms with E-state index in [-0.39, 0.29) is 24.5 Å². The van der Waals surface area contributed by atoms with Crippen LogP contribution in [-0.4, -0.2) is 61.7 Å². The first kappa shape index (κ1) is 24.4. The molecule has 2 aliphatic heterocycles. The number of carbonyl (C=O) groups excluding carboxylic acids is 3. The molecule has 8 heteroatoms. The van der Waals surface area contributed by atoms with Gasteiger partial charge < -0.3 is 19.7 Å². The SMILES string of the molecule is CC(=O)NC[C@H]1CN(c2ccc(C3=CCN(C(=O)COc4ccc5ccccc5c4)CC3)cc2)C(=O)O1. The Kier molecular flexibility index (Phi) is 7.07. The van der Waals surface area contributed by atoms with Crippen LogP contribution in [-0.2, 0) is 14.3 Å². The Bertz CT molecular complexity index is 1350. The Hall–Kier alpha value is -4.33. The fourth-order valence-electron chi connectivity index (χ4n) is 4.60. The van der Waals surface area contributed by atoms with Crippen LogP contribution in [0.5, 0.6) is 5.75 Å². The summed E-state index contributed by atoms with van der Waals surface area (Å²) in [6.07, 6.45) is 2.02. The molecule has 0 aliphatic carbocycles. The molecule has 8 nitrogen and oxygen atoms in total. The van der Waals surface area contributed by atoms with Crippen LogP contribution in [0.2, 0.25) is 0 Å². The number of hydrogen-bond acceptors (Lipinski definition) is 5. The number of carbonyl (C=O) groups is 3. The molecule has 1 saturated heterocycles. The Morgan fingerprint density at radius 3 is 2.57 bits per heavy atom. The zero-order chi connectivity index (χ0) is 25.8. The number of ether oxygens (including phenoxy) is 2. The Balaban J connectivity index is 1.14. The highest BCUT2D eigenvalue weighted by atomic mass is 16.6. The van der Waals surface area contributed by atoms with E-state index in [9.17, 15) is 14.4 Å². The van der Waals surface area contributed by atoms with Crippen molar-refractivity contribution < 1.29 is 23.9 Å². The molecule has 3 aromatic rings. The van der Waals surface area contributed by atoms with E-state index in [1.165, 1.54) is 12.5 Å². The van der Waals surface area contributed by atoms with E-state index in [2.05, 4.69) is 11.4 Å². The fourth-order valence-corrected chi connectivity index (χ4v) is 4.60. The first-order valence-corrected chi connectivity index (χ1v) is 12.4. The van der Waals surface area contributed by atoms with Gasteiger partial charge in [0.25, 0.3) is 5.91 Å². The van der Waals surface area contributed by atoms with Gasteiger partial charge in [-0.25, -0.2) is 4.79 Å².